The summed E-state index contributed by atoms with van der Waals surface area (Å²) in [6, 6.07) is -1.93. The van der Waals surface area contributed by atoms with Gasteiger partial charge in [0.05, 0.1) is 12.0 Å². The predicted octanol–water partition coefficient (Wildman–Crippen LogP) is 1.72. The number of halogens is 5. The van der Waals surface area contributed by atoms with Crippen LogP contribution in [-0.2, 0) is 16.0 Å². The van der Waals surface area contributed by atoms with Crippen LogP contribution in [0.15, 0.2) is 0 Å². The van der Waals surface area contributed by atoms with E-state index in [9.17, 15) is 36.4 Å². The summed E-state index contributed by atoms with van der Waals surface area (Å²) in [5.74, 6) is -10.3. The predicted molar refractivity (Wildman–Crippen MR) is 63.3 cm³/mol. The van der Waals surface area contributed by atoms with Crippen LogP contribution in [0.2, 0.25) is 0 Å². The topological polar surface area (TPSA) is 66.2 Å². The van der Waals surface area contributed by atoms with Crippen molar-refractivity contribution in [2.75, 3.05) is 0 Å². The number of hydrogen-bond donors (Lipinski definition) is 1. The summed E-state index contributed by atoms with van der Waals surface area (Å²) in [6.07, 6.45) is -1.93. The SMILES string of the molecule is O=C1CCC(F)(C2Cc3c(F)c(F)c(F)c(F)c3[N+]2=O)C(=O)N1. The van der Waals surface area contributed by atoms with Crippen molar-refractivity contribution in [3.8, 4) is 0 Å². The highest BCUT2D eigenvalue weighted by molar-refractivity contribution is 6.02. The molecule has 2 unspecified atom stereocenters. The van der Waals surface area contributed by atoms with Gasteiger partial charge in [0.1, 0.15) is 0 Å². The van der Waals surface area contributed by atoms with Gasteiger partial charge in [0.15, 0.2) is 11.6 Å². The lowest BCUT2D eigenvalue weighted by molar-refractivity contribution is -0.513. The monoisotopic (exact) mass is 335 g/mol. The van der Waals surface area contributed by atoms with Crippen LogP contribution in [0.5, 0.6) is 0 Å². The number of benzene rings is 1. The Kier molecular flexibility index (Phi) is 3.24. The first-order valence-electron chi connectivity index (χ1n) is 6.53. The van der Waals surface area contributed by atoms with Gasteiger partial charge in [-0.25, -0.2) is 17.6 Å². The maximum atomic E-state index is 14.9. The van der Waals surface area contributed by atoms with Crippen molar-refractivity contribution in [2.24, 2.45) is 0 Å². The zero-order valence-electron chi connectivity index (χ0n) is 11.3. The lowest BCUT2D eigenvalue weighted by Gasteiger charge is -2.27. The van der Waals surface area contributed by atoms with Crippen LogP contribution in [0, 0.1) is 28.2 Å². The van der Waals surface area contributed by atoms with Crippen molar-refractivity contribution in [3.63, 3.8) is 0 Å². The maximum absolute atomic E-state index is 14.9. The Morgan fingerprint density at radius 3 is 2.26 bits per heavy atom. The summed E-state index contributed by atoms with van der Waals surface area (Å²) in [5, 5.41) is 1.69. The quantitative estimate of drug-likeness (QED) is 0.279. The molecule has 5 nitrogen and oxygen atoms in total. The highest BCUT2D eigenvalue weighted by Gasteiger charge is 2.62. The molecule has 0 aliphatic carbocycles. The number of carbonyl (C=O) groups is 2. The molecule has 0 radical (unpaired) electrons. The number of nitroso groups, excluding NO2 is 1. The van der Waals surface area contributed by atoms with E-state index in [1.807, 2.05) is 0 Å². The minimum Gasteiger partial charge on any atom is -0.293 e. The lowest BCUT2D eigenvalue weighted by atomic mass is 9.85. The summed E-state index contributed by atoms with van der Waals surface area (Å²) in [6.45, 7) is 0. The standard InChI is InChI=1S/C13H7F5N2O3/c14-7-4-3-5(13(18)2-1-6(21)19-12(13)22)20(23)11(4)10(17)9(16)8(7)15/h5H,1-3H2/p+1. The van der Waals surface area contributed by atoms with Crippen LogP contribution < -0.4 is 5.32 Å². The van der Waals surface area contributed by atoms with Gasteiger partial charge in [0.25, 0.3) is 17.6 Å². The molecule has 1 aromatic rings. The number of imide groups is 1. The molecule has 2 aliphatic heterocycles. The Morgan fingerprint density at radius 2 is 1.65 bits per heavy atom. The van der Waals surface area contributed by atoms with Gasteiger partial charge in [-0.15, -0.1) is 0 Å². The van der Waals surface area contributed by atoms with E-state index in [2.05, 4.69) is 0 Å². The first kappa shape index (κ1) is 15.5. The van der Waals surface area contributed by atoms with Crippen molar-refractivity contribution >= 4 is 17.5 Å². The van der Waals surface area contributed by atoms with Crippen molar-refractivity contribution in [3.05, 3.63) is 33.7 Å². The van der Waals surface area contributed by atoms with Crippen LogP contribution >= 0.6 is 0 Å². The van der Waals surface area contributed by atoms with Crippen molar-refractivity contribution in [1.82, 2.24) is 5.32 Å². The fraction of sp³-hybridized carbons (Fsp3) is 0.385. The van der Waals surface area contributed by atoms with Gasteiger partial charge in [0.2, 0.25) is 17.5 Å². The molecule has 3 rings (SSSR count). The number of alkyl halides is 1. The first-order chi connectivity index (χ1) is 10.7. The zero-order chi connectivity index (χ0) is 17.1. The molecular formula is C13H8F5N2O3+. The number of fused-ring (bicyclic) bond motifs is 1. The molecule has 2 aliphatic rings. The molecule has 23 heavy (non-hydrogen) atoms. The number of hydrogen-bond acceptors (Lipinski definition) is 3. The van der Waals surface area contributed by atoms with E-state index in [0.717, 1.165) is 0 Å². The van der Waals surface area contributed by atoms with Crippen LogP contribution in [-0.4, -0.2) is 28.3 Å². The molecule has 0 bridgehead atoms. The van der Waals surface area contributed by atoms with E-state index in [1.165, 1.54) is 0 Å². The van der Waals surface area contributed by atoms with Gasteiger partial charge in [0, 0.05) is 22.5 Å². The number of carbonyl (C=O) groups excluding carboxylic acids is 2. The minimum atomic E-state index is -2.92. The molecule has 0 saturated carbocycles. The van der Waals surface area contributed by atoms with Gasteiger partial charge in [-0.3, -0.25) is 14.9 Å². The van der Waals surface area contributed by atoms with Crippen LogP contribution in [0.4, 0.5) is 27.6 Å². The number of rotatable bonds is 1. The normalized spacial score (nSPS) is 27.2. The van der Waals surface area contributed by atoms with Crippen molar-refractivity contribution in [2.45, 2.75) is 31.0 Å². The highest BCUT2D eigenvalue weighted by atomic mass is 19.2. The number of nitrogens with one attached hydrogen (secondary N) is 1. The molecule has 122 valence electrons. The molecule has 1 aromatic carbocycles. The Hall–Kier alpha value is -2.39. The number of amides is 2. The molecular weight excluding hydrogens is 327 g/mol. The second kappa shape index (κ2) is 4.80. The van der Waals surface area contributed by atoms with Gasteiger partial charge in [-0.1, -0.05) is 0 Å². The van der Waals surface area contributed by atoms with Gasteiger partial charge in [-0.2, -0.15) is 4.39 Å². The van der Waals surface area contributed by atoms with Crippen LogP contribution in [0.3, 0.4) is 0 Å². The van der Waals surface area contributed by atoms with E-state index in [1.54, 1.807) is 5.32 Å². The Balaban J connectivity index is 2.08. The average Bonchev–Trinajstić information content (AvgIpc) is 2.85. The molecule has 2 amide bonds. The Bertz CT molecular complexity index is 782. The Morgan fingerprint density at radius 1 is 1.04 bits per heavy atom. The molecule has 1 saturated heterocycles. The smallest absolute Gasteiger partial charge is 0.293 e. The van der Waals surface area contributed by atoms with Gasteiger partial charge >= 0.3 is 5.69 Å². The molecule has 0 spiro atoms. The van der Waals surface area contributed by atoms with Crippen LogP contribution in [0.1, 0.15) is 18.4 Å². The fourth-order valence-electron chi connectivity index (χ4n) is 2.88. The summed E-state index contributed by atoms with van der Waals surface area (Å²) in [5.41, 5.74) is -4.93. The van der Waals surface area contributed by atoms with Gasteiger partial charge in [-0.05, 0) is 0 Å². The van der Waals surface area contributed by atoms with Crippen molar-refractivity contribution < 1.29 is 36.3 Å². The van der Waals surface area contributed by atoms with E-state index in [0.29, 0.717) is 0 Å². The highest BCUT2D eigenvalue weighted by Crippen LogP contribution is 2.43. The zero-order valence-corrected chi connectivity index (χ0v) is 11.3. The largest absolute Gasteiger partial charge is 0.301 e. The Labute approximate surface area is 125 Å². The molecule has 1 fully saturated rings. The van der Waals surface area contributed by atoms with E-state index in [-0.39, 0.29) is 4.76 Å². The third-order valence-electron chi connectivity index (χ3n) is 4.11. The second-order valence-electron chi connectivity index (χ2n) is 5.37. The molecule has 2 atom stereocenters. The molecule has 10 heteroatoms. The fourth-order valence-corrected chi connectivity index (χ4v) is 2.88. The first-order valence-corrected chi connectivity index (χ1v) is 6.53. The van der Waals surface area contributed by atoms with E-state index in [4.69, 9.17) is 0 Å². The summed E-state index contributed by atoms with van der Waals surface area (Å²) in [7, 11) is 0. The number of piperidine rings is 1. The van der Waals surface area contributed by atoms with Gasteiger partial charge < -0.3 is 0 Å². The summed E-state index contributed by atoms with van der Waals surface area (Å²) < 4.78 is 68.4. The second-order valence-corrected chi connectivity index (χ2v) is 5.37. The van der Waals surface area contributed by atoms with E-state index < -0.39 is 77.3 Å². The number of nitrogens with zero attached hydrogens (tertiary/aromatic N) is 1. The molecule has 0 aromatic heterocycles. The van der Waals surface area contributed by atoms with Crippen LogP contribution in [0.25, 0.3) is 0 Å². The summed E-state index contributed by atoms with van der Waals surface area (Å²) >= 11 is 0. The van der Waals surface area contributed by atoms with E-state index >= 15 is 0 Å². The third-order valence-corrected chi connectivity index (χ3v) is 4.11. The molecule has 2 heterocycles. The minimum absolute atomic E-state index is 0.369. The molecule has 1 N–H and O–H groups in total. The maximum Gasteiger partial charge on any atom is 0.301 e. The lowest BCUT2D eigenvalue weighted by Crippen LogP contribution is -2.58. The van der Waals surface area contributed by atoms with Crippen molar-refractivity contribution in [1.29, 1.82) is 0 Å². The summed E-state index contributed by atoms with van der Waals surface area (Å²) in [4.78, 5) is 34.9. The average molecular weight is 335 g/mol. The third kappa shape index (κ3) is 1.97.